The Kier molecular flexibility index (Phi) is 7.65. The molecule has 0 aromatic heterocycles. The summed E-state index contributed by atoms with van der Waals surface area (Å²) in [6.07, 6.45) is 0.465. The Bertz CT molecular complexity index is 435. The third kappa shape index (κ3) is 5.58. The van der Waals surface area contributed by atoms with Crippen LogP contribution in [0.3, 0.4) is 0 Å². The van der Waals surface area contributed by atoms with Crippen molar-refractivity contribution in [1.29, 1.82) is 0 Å². The Balaban J connectivity index is 2.91. The first-order chi connectivity index (χ1) is 9.93. The SMILES string of the molecule is CCOP(=O)(CC(C)C(c1ccccc1)C(C)C)OCC. The molecule has 120 valence electrons. The summed E-state index contributed by atoms with van der Waals surface area (Å²) in [7, 11) is -2.99. The summed E-state index contributed by atoms with van der Waals surface area (Å²) in [6.45, 7) is 11.1. The van der Waals surface area contributed by atoms with Crippen molar-refractivity contribution in [3.8, 4) is 0 Å². The van der Waals surface area contributed by atoms with Gasteiger partial charge in [0.25, 0.3) is 0 Å². The molecule has 0 radical (unpaired) electrons. The minimum absolute atomic E-state index is 0.233. The van der Waals surface area contributed by atoms with Crippen molar-refractivity contribution in [3.05, 3.63) is 35.9 Å². The van der Waals surface area contributed by atoms with Crippen molar-refractivity contribution in [1.82, 2.24) is 0 Å². The lowest BCUT2D eigenvalue weighted by Crippen LogP contribution is -2.20. The van der Waals surface area contributed by atoms with Gasteiger partial charge in [0, 0.05) is 0 Å². The van der Waals surface area contributed by atoms with E-state index in [4.69, 9.17) is 9.05 Å². The van der Waals surface area contributed by atoms with Gasteiger partial charge in [-0.2, -0.15) is 0 Å². The molecule has 2 unspecified atom stereocenters. The van der Waals surface area contributed by atoms with Crippen LogP contribution in [-0.4, -0.2) is 19.4 Å². The first-order valence-electron chi connectivity index (χ1n) is 7.86. The molecule has 0 heterocycles. The van der Waals surface area contributed by atoms with E-state index in [1.54, 1.807) is 0 Å². The van der Waals surface area contributed by atoms with Crippen molar-refractivity contribution in [2.45, 2.75) is 40.5 Å². The van der Waals surface area contributed by atoms with Gasteiger partial charge in [0.15, 0.2) is 0 Å². The Hall–Kier alpha value is -0.630. The third-order valence-corrected chi connectivity index (χ3v) is 6.01. The third-order valence-electron chi connectivity index (χ3n) is 3.68. The van der Waals surface area contributed by atoms with Gasteiger partial charge in [-0.25, -0.2) is 0 Å². The summed E-state index contributed by atoms with van der Waals surface area (Å²) >= 11 is 0. The number of rotatable bonds is 9. The Morgan fingerprint density at radius 1 is 1.00 bits per heavy atom. The predicted molar refractivity (Wildman–Crippen MR) is 88.9 cm³/mol. The van der Waals surface area contributed by atoms with Gasteiger partial charge in [0.2, 0.25) is 0 Å². The van der Waals surface area contributed by atoms with Crippen LogP contribution in [0.25, 0.3) is 0 Å². The molecule has 1 rings (SSSR count). The average molecular weight is 312 g/mol. The van der Waals surface area contributed by atoms with E-state index in [2.05, 4.69) is 45.0 Å². The number of benzene rings is 1. The van der Waals surface area contributed by atoms with Gasteiger partial charge in [-0.05, 0) is 37.2 Å². The monoisotopic (exact) mass is 312 g/mol. The van der Waals surface area contributed by atoms with Gasteiger partial charge in [-0.3, -0.25) is 4.57 Å². The first kappa shape index (κ1) is 18.4. The van der Waals surface area contributed by atoms with Crippen molar-refractivity contribution < 1.29 is 13.6 Å². The van der Waals surface area contributed by atoms with Crippen LogP contribution in [0.1, 0.15) is 46.1 Å². The average Bonchev–Trinajstić information content (AvgIpc) is 2.39. The normalized spacial score (nSPS) is 15.1. The lowest BCUT2D eigenvalue weighted by Gasteiger charge is -2.30. The standard InChI is InChI=1S/C17H29O3P/c1-6-19-21(18,20-7-2)13-15(5)17(14(3)4)16-11-9-8-10-12-16/h8-12,14-15,17H,6-7,13H2,1-5H3. The molecule has 21 heavy (non-hydrogen) atoms. The Morgan fingerprint density at radius 2 is 1.52 bits per heavy atom. The van der Waals surface area contributed by atoms with E-state index < -0.39 is 7.60 Å². The van der Waals surface area contributed by atoms with E-state index in [1.165, 1.54) is 5.56 Å². The summed E-state index contributed by atoms with van der Waals surface area (Å²) in [4.78, 5) is 0. The predicted octanol–water partition coefficient (Wildman–Crippen LogP) is 5.33. The van der Waals surface area contributed by atoms with Gasteiger partial charge in [0.1, 0.15) is 0 Å². The molecule has 0 spiro atoms. The molecule has 0 amide bonds. The fourth-order valence-electron chi connectivity index (χ4n) is 3.05. The van der Waals surface area contributed by atoms with Crippen LogP contribution in [0, 0.1) is 11.8 Å². The van der Waals surface area contributed by atoms with Crippen LogP contribution in [0.15, 0.2) is 30.3 Å². The lowest BCUT2D eigenvalue weighted by atomic mass is 9.80. The summed E-state index contributed by atoms with van der Waals surface area (Å²) in [5.41, 5.74) is 1.29. The fourth-order valence-corrected chi connectivity index (χ4v) is 5.05. The molecule has 0 aliphatic heterocycles. The minimum Gasteiger partial charge on any atom is -0.309 e. The summed E-state index contributed by atoms with van der Waals surface area (Å²) in [5, 5.41) is 0. The second kappa shape index (κ2) is 8.73. The molecule has 3 nitrogen and oxygen atoms in total. The largest absolute Gasteiger partial charge is 0.330 e. The zero-order chi connectivity index (χ0) is 15.9. The molecule has 0 saturated carbocycles. The van der Waals surface area contributed by atoms with E-state index in [-0.39, 0.29) is 5.92 Å². The maximum Gasteiger partial charge on any atom is 0.330 e. The maximum absolute atomic E-state index is 12.7. The van der Waals surface area contributed by atoms with Crippen LogP contribution >= 0.6 is 7.60 Å². The highest BCUT2D eigenvalue weighted by Crippen LogP contribution is 2.52. The summed E-state index contributed by atoms with van der Waals surface area (Å²) < 4.78 is 23.6. The fraction of sp³-hybridized carbons (Fsp3) is 0.647. The van der Waals surface area contributed by atoms with E-state index in [9.17, 15) is 4.57 Å². The highest BCUT2D eigenvalue weighted by Gasteiger charge is 2.32. The molecular formula is C17H29O3P. The van der Waals surface area contributed by atoms with Gasteiger partial charge in [-0.1, -0.05) is 51.1 Å². The van der Waals surface area contributed by atoms with E-state index in [1.807, 2.05) is 19.9 Å². The van der Waals surface area contributed by atoms with E-state index >= 15 is 0 Å². The molecular weight excluding hydrogens is 283 g/mol. The lowest BCUT2D eigenvalue weighted by molar-refractivity contribution is 0.213. The Labute approximate surface area is 129 Å². The second-order valence-electron chi connectivity index (χ2n) is 5.79. The number of hydrogen-bond donors (Lipinski definition) is 0. The van der Waals surface area contributed by atoms with Crippen molar-refractivity contribution in [2.75, 3.05) is 19.4 Å². The van der Waals surface area contributed by atoms with Crippen LogP contribution in [0.5, 0.6) is 0 Å². The molecule has 0 bridgehead atoms. The Morgan fingerprint density at radius 3 is 1.95 bits per heavy atom. The molecule has 2 atom stereocenters. The quantitative estimate of drug-likeness (QED) is 0.578. The molecule has 0 fully saturated rings. The number of hydrogen-bond acceptors (Lipinski definition) is 3. The van der Waals surface area contributed by atoms with Crippen LogP contribution in [0.4, 0.5) is 0 Å². The molecule has 0 N–H and O–H groups in total. The zero-order valence-corrected chi connectivity index (χ0v) is 14.8. The van der Waals surface area contributed by atoms with Crippen molar-refractivity contribution >= 4 is 7.60 Å². The highest BCUT2D eigenvalue weighted by atomic mass is 31.2. The van der Waals surface area contributed by atoms with E-state index in [0.717, 1.165) is 0 Å². The van der Waals surface area contributed by atoms with Crippen molar-refractivity contribution in [3.63, 3.8) is 0 Å². The topological polar surface area (TPSA) is 35.5 Å². The highest BCUT2D eigenvalue weighted by molar-refractivity contribution is 7.53. The molecule has 0 saturated heterocycles. The van der Waals surface area contributed by atoms with Gasteiger partial charge in [-0.15, -0.1) is 0 Å². The maximum atomic E-state index is 12.7. The smallest absolute Gasteiger partial charge is 0.309 e. The van der Waals surface area contributed by atoms with Gasteiger partial charge < -0.3 is 9.05 Å². The minimum atomic E-state index is -2.99. The van der Waals surface area contributed by atoms with E-state index in [0.29, 0.717) is 31.2 Å². The first-order valence-corrected chi connectivity index (χ1v) is 9.59. The molecule has 0 aliphatic carbocycles. The summed E-state index contributed by atoms with van der Waals surface area (Å²) in [6, 6.07) is 10.4. The van der Waals surface area contributed by atoms with Crippen LogP contribution in [0.2, 0.25) is 0 Å². The van der Waals surface area contributed by atoms with Crippen LogP contribution in [-0.2, 0) is 13.6 Å². The zero-order valence-electron chi connectivity index (χ0n) is 13.9. The summed E-state index contributed by atoms with van der Waals surface area (Å²) in [5.74, 6) is 1.05. The molecule has 1 aromatic rings. The van der Waals surface area contributed by atoms with Crippen LogP contribution < -0.4 is 0 Å². The second-order valence-corrected chi connectivity index (χ2v) is 7.89. The van der Waals surface area contributed by atoms with Gasteiger partial charge in [0.05, 0.1) is 19.4 Å². The van der Waals surface area contributed by atoms with Crippen molar-refractivity contribution in [2.24, 2.45) is 11.8 Å². The molecule has 1 aromatic carbocycles. The molecule has 0 aliphatic rings. The molecule has 4 heteroatoms. The van der Waals surface area contributed by atoms with Gasteiger partial charge >= 0.3 is 7.60 Å².